The second kappa shape index (κ2) is 5.92. The van der Waals surface area contributed by atoms with Crippen LogP contribution in [0.2, 0.25) is 0 Å². The average Bonchev–Trinajstić information content (AvgIpc) is 2.34. The van der Waals surface area contributed by atoms with Crippen molar-refractivity contribution in [2.24, 2.45) is 0 Å². The number of aliphatic hydroxyl groups is 1. The summed E-state index contributed by atoms with van der Waals surface area (Å²) in [6.07, 6.45) is -4.90. The van der Waals surface area contributed by atoms with Gasteiger partial charge in [0.25, 0.3) is 16.3 Å². The number of anilines is 1. The van der Waals surface area contributed by atoms with Crippen molar-refractivity contribution >= 4 is 15.5 Å². The molecule has 2 N–H and O–H groups in total. The largest absolute Gasteiger partial charge is 0.501 e. The van der Waals surface area contributed by atoms with Gasteiger partial charge in [-0.05, 0) is 24.3 Å². The molecule has 0 saturated carbocycles. The van der Waals surface area contributed by atoms with Gasteiger partial charge < -0.3 is 10.4 Å². The summed E-state index contributed by atoms with van der Waals surface area (Å²) in [7, 11) is -5.44. The maximum Gasteiger partial charge on any atom is 0.501 e. The minimum atomic E-state index is -5.44. The second-order valence-corrected chi connectivity index (χ2v) is 5.70. The molecule has 1 unspecified atom stereocenters. The number of alkyl halides is 5. The summed E-state index contributed by atoms with van der Waals surface area (Å²) in [6.45, 7) is -0.525. The van der Waals surface area contributed by atoms with Crippen LogP contribution >= 0.6 is 0 Å². The molecule has 10 heteroatoms. The zero-order valence-corrected chi connectivity index (χ0v) is 10.5. The number of benzene rings is 1. The van der Waals surface area contributed by atoms with Gasteiger partial charge in [-0.3, -0.25) is 0 Å². The van der Waals surface area contributed by atoms with Gasteiger partial charge in [0, 0.05) is 12.2 Å². The molecular formula is C10H10F5NO3S. The number of hydrogen-bond acceptors (Lipinski definition) is 4. The number of halogens is 5. The van der Waals surface area contributed by atoms with E-state index in [0.717, 1.165) is 12.1 Å². The Balaban J connectivity index is 2.80. The number of sulfone groups is 1. The summed E-state index contributed by atoms with van der Waals surface area (Å²) in [4.78, 5) is -0.954. The lowest BCUT2D eigenvalue weighted by Gasteiger charge is -2.12. The highest BCUT2D eigenvalue weighted by Crippen LogP contribution is 2.30. The lowest BCUT2D eigenvalue weighted by molar-refractivity contribution is -0.0436. The van der Waals surface area contributed by atoms with Gasteiger partial charge in [-0.15, -0.1) is 0 Å². The Bertz CT molecular complexity index is 541. The van der Waals surface area contributed by atoms with Gasteiger partial charge in [-0.1, -0.05) is 0 Å². The Morgan fingerprint density at radius 2 is 1.65 bits per heavy atom. The first-order valence-electron chi connectivity index (χ1n) is 5.17. The van der Waals surface area contributed by atoms with E-state index in [1.807, 2.05) is 0 Å². The third-order valence-electron chi connectivity index (χ3n) is 2.28. The Hall–Kier alpha value is -1.42. The van der Waals surface area contributed by atoms with Gasteiger partial charge in [0.1, 0.15) is 6.10 Å². The van der Waals surface area contributed by atoms with Crippen LogP contribution < -0.4 is 5.32 Å². The SMILES string of the molecule is O=S(=O)(c1ccc(NCC(O)C(F)F)cc1)C(F)(F)F. The highest BCUT2D eigenvalue weighted by molar-refractivity contribution is 7.92. The summed E-state index contributed by atoms with van der Waals surface area (Å²) in [5, 5.41) is 11.2. The third kappa shape index (κ3) is 3.79. The standard InChI is InChI=1S/C10H10F5NO3S/c11-9(12)8(17)5-16-6-1-3-7(4-2-6)20(18,19)10(13,14)15/h1-4,8-9,16-17H,5H2. The first-order valence-corrected chi connectivity index (χ1v) is 6.65. The summed E-state index contributed by atoms with van der Waals surface area (Å²) in [5.74, 6) is 0. The first kappa shape index (κ1) is 16.6. The zero-order chi connectivity index (χ0) is 15.6. The van der Waals surface area contributed by atoms with Gasteiger partial charge in [-0.25, -0.2) is 17.2 Å². The topological polar surface area (TPSA) is 66.4 Å². The zero-order valence-electron chi connectivity index (χ0n) is 9.73. The molecule has 20 heavy (non-hydrogen) atoms. The van der Waals surface area contributed by atoms with E-state index in [4.69, 9.17) is 5.11 Å². The van der Waals surface area contributed by atoms with Crippen molar-refractivity contribution in [1.82, 2.24) is 0 Å². The van der Waals surface area contributed by atoms with Crippen molar-refractivity contribution in [1.29, 1.82) is 0 Å². The van der Waals surface area contributed by atoms with E-state index in [1.54, 1.807) is 0 Å². The van der Waals surface area contributed by atoms with Crippen LogP contribution in [-0.2, 0) is 9.84 Å². The Labute approximate surface area is 111 Å². The predicted octanol–water partition coefficient (Wildman–Crippen LogP) is 2.02. The molecule has 0 aliphatic heterocycles. The molecule has 0 heterocycles. The fraction of sp³-hybridized carbons (Fsp3) is 0.400. The lowest BCUT2D eigenvalue weighted by Crippen LogP contribution is -2.26. The summed E-state index contributed by atoms with van der Waals surface area (Å²) >= 11 is 0. The molecule has 0 fully saturated rings. The van der Waals surface area contributed by atoms with Crippen LogP contribution in [0, 0.1) is 0 Å². The highest BCUT2D eigenvalue weighted by atomic mass is 32.2. The number of aliphatic hydroxyl groups excluding tert-OH is 1. The van der Waals surface area contributed by atoms with Crippen LogP contribution in [0.5, 0.6) is 0 Å². The van der Waals surface area contributed by atoms with Crippen molar-refractivity contribution in [3.63, 3.8) is 0 Å². The molecule has 0 amide bonds. The Kier molecular flexibility index (Phi) is 4.92. The molecule has 1 aromatic carbocycles. The fourth-order valence-electron chi connectivity index (χ4n) is 1.20. The van der Waals surface area contributed by atoms with E-state index in [2.05, 4.69) is 5.32 Å². The number of hydrogen-bond donors (Lipinski definition) is 2. The molecule has 0 aliphatic rings. The van der Waals surface area contributed by atoms with Gasteiger partial charge in [0.15, 0.2) is 0 Å². The molecule has 114 valence electrons. The van der Waals surface area contributed by atoms with E-state index < -0.39 is 39.3 Å². The molecule has 1 rings (SSSR count). The second-order valence-electron chi connectivity index (χ2n) is 3.76. The van der Waals surface area contributed by atoms with E-state index in [0.29, 0.717) is 12.1 Å². The summed E-state index contributed by atoms with van der Waals surface area (Å²) < 4.78 is 82.8. The minimum Gasteiger partial charge on any atom is -0.385 e. The molecule has 0 bridgehead atoms. The quantitative estimate of drug-likeness (QED) is 0.815. The monoisotopic (exact) mass is 319 g/mol. The van der Waals surface area contributed by atoms with Gasteiger partial charge in [-0.2, -0.15) is 13.2 Å². The minimum absolute atomic E-state index is 0.103. The molecule has 1 aromatic rings. The maximum absolute atomic E-state index is 12.2. The van der Waals surface area contributed by atoms with Crippen molar-refractivity contribution in [2.75, 3.05) is 11.9 Å². The molecule has 0 spiro atoms. The smallest absolute Gasteiger partial charge is 0.385 e. The molecule has 0 radical (unpaired) electrons. The normalized spacial score (nSPS) is 14.3. The fourth-order valence-corrected chi connectivity index (χ4v) is 1.96. The van der Waals surface area contributed by atoms with E-state index >= 15 is 0 Å². The van der Waals surface area contributed by atoms with E-state index in [1.165, 1.54) is 0 Å². The van der Waals surface area contributed by atoms with E-state index in [-0.39, 0.29) is 5.69 Å². The van der Waals surface area contributed by atoms with Crippen LogP contribution in [0.3, 0.4) is 0 Å². The van der Waals surface area contributed by atoms with Crippen molar-refractivity contribution in [2.45, 2.75) is 22.9 Å². The van der Waals surface area contributed by atoms with Gasteiger partial charge in [0.2, 0.25) is 0 Å². The Morgan fingerprint density at radius 1 is 1.15 bits per heavy atom. The summed E-state index contributed by atoms with van der Waals surface area (Å²) in [5.41, 5.74) is -5.31. The van der Waals surface area contributed by atoms with Crippen LogP contribution in [-0.4, -0.2) is 38.1 Å². The number of rotatable bonds is 5. The maximum atomic E-state index is 12.2. The average molecular weight is 319 g/mol. The molecule has 0 saturated heterocycles. The van der Waals surface area contributed by atoms with Crippen LogP contribution in [0.25, 0.3) is 0 Å². The van der Waals surface area contributed by atoms with Crippen molar-refractivity contribution < 1.29 is 35.5 Å². The summed E-state index contributed by atoms with van der Waals surface area (Å²) in [6, 6.07) is 3.35. The number of nitrogens with one attached hydrogen (secondary N) is 1. The van der Waals surface area contributed by atoms with Crippen molar-refractivity contribution in [3.8, 4) is 0 Å². The molecule has 1 atom stereocenters. The predicted molar refractivity (Wildman–Crippen MR) is 60.2 cm³/mol. The third-order valence-corrected chi connectivity index (χ3v) is 3.78. The van der Waals surface area contributed by atoms with Gasteiger partial charge in [0.05, 0.1) is 4.90 Å². The molecular weight excluding hydrogens is 309 g/mol. The Morgan fingerprint density at radius 3 is 2.05 bits per heavy atom. The van der Waals surface area contributed by atoms with E-state index in [9.17, 15) is 30.4 Å². The highest BCUT2D eigenvalue weighted by Gasteiger charge is 2.46. The lowest BCUT2D eigenvalue weighted by atomic mass is 10.3. The van der Waals surface area contributed by atoms with Crippen molar-refractivity contribution in [3.05, 3.63) is 24.3 Å². The van der Waals surface area contributed by atoms with Crippen LogP contribution in [0.15, 0.2) is 29.2 Å². The first-order chi connectivity index (χ1) is 9.05. The van der Waals surface area contributed by atoms with Crippen LogP contribution in [0.4, 0.5) is 27.6 Å². The molecule has 0 aromatic heterocycles. The van der Waals surface area contributed by atoms with Crippen LogP contribution in [0.1, 0.15) is 0 Å². The van der Waals surface area contributed by atoms with Gasteiger partial charge >= 0.3 is 5.51 Å². The molecule has 0 aliphatic carbocycles. The molecule has 4 nitrogen and oxygen atoms in total.